The van der Waals surface area contributed by atoms with E-state index in [1.807, 2.05) is 13.8 Å². The minimum Gasteiger partial charge on any atom is -0.457 e. The van der Waals surface area contributed by atoms with E-state index in [1.54, 1.807) is 19.2 Å². The number of fused-ring (bicyclic) bond motifs is 1. The molecule has 3 fully saturated rings. The second-order valence-electron chi connectivity index (χ2n) is 6.73. The van der Waals surface area contributed by atoms with E-state index in [2.05, 4.69) is 9.98 Å². The highest BCUT2D eigenvalue weighted by Gasteiger charge is 2.62. The summed E-state index contributed by atoms with van der Waals surface area (Å²) >= 11 is 0. The number of aromatic nitrogens is 1. The van der Waals surface area contributed by atoms with E-state index in [9.17, 15) is 10.1 Å². The lowest BCUT2D eigenvalue weighted by Crippen LogP contribution is -2.50. The molecule has 0 radical (unpaired) electrons. The summed E-state index contributed by atoms with van der Waals surface area (Å²) in [4.78, 5) is 19.3. The Labute approximate surface area is 140 Å². The summed E-state index contributed by atoms with van der Waals surface area (Å²) in [5.41, 5.74) is -0.160. The lowest BCUT2D eigenvalue weighted by molar-refractivity contribution is -0.389. The molecular weight excluding hydrogens is 314 g/mol. The van der Waals surface area contributed by atoms with Crippen LogP contribution in [0.15, 0.2) is 17.1 Å². The quantitative estimate of drug-likeness (QED) is 0.430. The molecule has 3 aliphatic rings. The summed E-state index contributed by atoms with van der Waals surface area (Å²) in [6, 6.07) is 3.23. The van der Waals surface area contributed by atoms with E-state index in [4.69, 9.17) is 14.2 Å². The molecule has 0 unspecified atom stereocenters. The maximum atomic E-state index is 11.3. The molecule has 1 aromatic heterocycles. The van der Waals surface area contributed by atoms with Crippen molar-refractivity contribution >= 4 is 12.0 Å². The molecule has 1 aromatic rings. The normalized spacial score (nSPS) is 28.3. The Bertz CT molecular complexity index is 668. The van der Waals surface area contributed by atoms with Gasteiger partial charge >= 0.3 is 11.7 Å². The molecule has 8 heteroatoms. The van der Waals surface area contributed by atoms with Gasteiger partial charge in [0, 0.05) is 37.2 Å². The second-order valence-corrected chi connectivity index (χ2v) is 6.73. The third-order valence-corrected chi connectivity index (χ3v) is 4.24. The number of hydrogen-bond acceptors (Lipinski definition) is 7. The highest BCUT2D eigenvalue weighted by atomic mass is 16.6. The van der Waals surface area contributed by atoms with Crippen LogP contribution in [0.5, 0.6) is 5.88 Å². The van der Waals surface area contributed by atoms with Gasteiger partial charge in [0.05, 0.1) is 36.0 Å². The van der Waals surface area contributed by atoms with Gasteiger partial charge in [-0.1, -0.05) is 0 Å². The van der Waals surface area contributed by atoms with Crippen molar-refractivity contribution in [3.63, 3.8) is 0 Å². The van der Waals surface area contributed by atoms with Crippen LogP contribution in [0.1, 0.15) is 32.3 Å². The van der Waals surface area contributed by atoms with Crippen LogP contribution < -0.4 is 4.74 Å². The summed E-state index contributed by atoms with van der Waals surface area (Å²) in [5.74, 6) is -0.0198. The topological polar surface area (TPSA) is 96.1 Å². The van der Waals surface area contributed by atoms with Gasteiger partial charge in [-0.05, 0) is 24.8 Å². The predicted molar refractivity (Wildman–Crippen MR) is 86.8 cm³/mol. The number of methoxy groups -OCH3 is 1. The van der Waals surface area contributed by atoms with Crippen molar-refractivity contribution in [2.24, 2.45) is 4.99 Å². The number of nitro groups is 1. The number of aliphatic imine (C=N–C) groups is 1. The minimum absolute atomic E-state index is 0.102. The zero-order chi connectivity index (χ0) is 17.4. The van der Waals surface area contributed by atoms with E-state index in [1.165, 1.54) is 6.21 Å². The molecule has 0 amide bonds. The molecule has 24 heavy (non-hydrogen) atoms. The molecule has 1 saturated carbocycles. The molecule has 0 aromatic carbocycles. The van der Waals surface area contributed by atoms with Crippen LogP contribution in [0.4, 0.5) is 5.82 Å². The van der Waals surface area contributed by atoms with E-state index >= 15 is 0 Å². The molecular formula is C16H21N3O5. The highest BCUT2D eigenvalue weighted by molar-refractivity contribution is 5.84. The van der Waals surface area contributed by atoms with Gasteiger partial charge in [0.15, 0.2) is 0 Å². The molecule has 2 bridgehead atoms. The standard InChI is InChI=1S/C16H21N3O5/c1-11(2)24-13-5-4-12(14(18-13)19(20)21)6-17-15-7-16(8-15,10-22-3)23-9-15/h4-6,11H,7-10H2,1-3H3/b17-6+. The molecule has 8 nitrogen and oxygen atoms in total. The van der Waals surface area contributed by atoms with Crippen molar-refractivity contribution in [2.45, 2.75) is 43.9 Å². The van der Waals surface area contributed by atoms with Crippen LogP contribution in [0.3, 0.4) is 0 Å². The van der Waals surface area contributed by atoms with Crippen LogP contribution in [0.25, 0.3) is 0 Å². The van der Waals surface area contributed by atoms with Crippen molar-refractivity contribution in [3.05, 3.63) is 27.8 Å². The van der Waals surface area contributed by atoms with Gasteiger partial charge in [-0.15, -0.1) is 0 Å². The van der Waals surface area contributed by atoms with Crippen molar-refractivity contribution in [1.29, 1.82) is 0 Å². The van der Waals surface area contributed by atoms with E-state index in [0.717, 1.165) is 12.8 Å². The number of pyridine rings is 1. The Kier molecular flexibility index (Phi) is 4.27. The first kappa shape index (κ1) is 16.8. The van der Waals surface area contributed by atoms with Crippen molar-refractivity contribution in [1.82, 2.24) is 4.98 Å². The second kappa shape index (κ2) is 6.10. The number of hydrogen-bond donors (Lipinski definition) is 0. The average Bonchev–Trinajstić information content (AvgIpc) is 3.01. The Hall–Kier alpha value is -2.06. The van der Waals surface area contributed by atoms with Gasteiger partial charge in [-0.2, -0.15) is 0 Å². The van der Waals surface area contributed by atoms with Gasteiger partial charge in [-0.3, -0.25) is 4.99 Å². The summed E-state index contributed by atoms with van der Waals surface area (Å²) < 4.78 is 16.4. The number of rotatable bonds is 7. The molecule has 2 saturated heterocycles. The van der Waals surface area contributed by atoms with Crippen LogP contribution in [-0.4, -0.2) is 53.7 Å². The van der Waals surface area contributed by atoms with Crippen molar-refractivity contribution < 1.29 is 19.1 Å². The fourth-order valence-electron chi connectivity index (χ4n) is 3.38. The van der Waals surface area contributed by atoms with Crippen LogP contribution in [0.2, 0.25) is 0 Å². The van der Waals surface area contributed by atoms with Crippen LogP contribution in [-0.2, 0) is 9.47 Å². The predicted octanol–water partition coefficient (Wildman–Crippen LogP) is 2.14. The average molecular weight is 335 g/mol. The summed E-state index contributed by atoms with van der Waals surface area (Å²) in [6.45, 7) is 4.74. The Morgan fingerprint density at radius 2 is 2.25 bits per heavy atom. The molecule has 130 valence electrons. The van der Waals surface area contributed by atoms with Crippen LogP contribution >= 0.6 is 0 Å². The summed E-state index contributed by atoms with van der Waals surface area (Å²) in [5, 5.41) is 11.3. The van der Waals surface area contributed by atoms with Gasteiger partial charge in [-0.25, -0.2) is 0 Å². The molecule has 0 N–H and O–H groups in total. The first-order valence-electron chi connectivity index (χ1n) is 7.87. The fraction of sp³-hybridized carbons (Fsp3) is 0.625. The van der Waals surface area contributed by atoms with Crippen molar-refractivity contribution in [2.75, 3.05) is 20.3 Å². The monoisotopic (exact) mass is 335 g/mol. The SMILES string of the molecule is COCC12CC(/N=C/c3ccc(OC(C)C)nc3[N+](=O)[O-])(CO1)C2. The Morgan fingerprint density at radius 3 is 2.88 bits per heavy atom. The van der Waals surface area contributed by atoms with Crippen molar-refractivity contribution in [3.8, 4) is 5.88 Å². The van der Waals surface area contributed by atoms with E-state index in [0.29, 0.717) is 18.8 Å². The molecule has 4 rings (SSSR count). The summed E-state index contributed by atoms with van der Waals surface area (Å²) in [6.07, 6.45) is 2.98. The van der Waals surface area contributed by atoms with E-state index in [-0.39, 0.29) is 28.9 Å². The zero-order valence-corrected chi connectivity index (χ0v) is 14.0. The lowest BCUT2D eigenvalue weighted by atomic mass is 9.69. The van der Waals surface area contributed by atoms with Crippen LogP contribution in [0, 0.1) is 10.1 Å². The molecule has 0 spiro atoms. The minimum atomic E-state index is -0.520. The van der Waals surface area contributed by atoms with Gasteiger partial charge in [0.25, 0.3) is 0 Å². The third-order valence-electron chi connectivity index (χ3n) is 4.24. The van der Waals surface area contributed by atoms with E-state index < -0.39 is 4.92 Å². The largest absolute Gasteiger partial charge is 0.457 e. The first-order valence-corrected chi connectivity index (χ1v) is 7.87. The maximum absolute atomic E-state index is 11.3. The third kappa shape index (κ3) is 3.11. The molecule has 2 aliphatic heterocycles. The number of nitrogens with zero attached hydrogens (tertiary/aromatic N) is 3. The Balaban J connectivity index is 1.77. The smallest absolute Gasteiger partial charge is 0.376 e. The zero-order valence-electron chi connectivity index (χ0n) is 14.0. The molecule has 1 aliphatic carbocycles. The summed E-state index contributed by atoms with van der Waals surface area (Å²) in [7, 11) is 1.65. The molecule has 3 heterocycles. The van der Waals surface area contributed by atoms with Gasteiger partial charge in [0.1, 0.15) is 0 Å². The van der Waals surface area contributed by atoms with Gasteiger partial charge in [0.2, 0.25) is 0 Å². The number of ether oxygens (including phenoxy) is 3. The molecule has 0 atom stereocenters. The first-order chi connectivity index (χ1) is 11.4. The maximum Gasteiger partial charge on any atom is 0.376 e. The Morgan fingerprint density at radius 1 is 1.50 bits per heavy atom. The fourth-order valence-corrected chi connectivity index (χ4v) is 3.38. The lowest BCUT2D eigenvalue weighted by Gasteiger charge is -2.41. The highest BCUT2D eigenvalue weighted by Crippen LogP contribution is 2.53. The van der Waals surface area contributed by atoms with Gasteiger partial charge < -0.3 is 24.3 Å².